The molecule has 0 radical (unpaired) electrons. The molecular formula is C15H15N3. The summed E-state index contributed by atoms with van der Waals surface area (Å²) in [7, 11) is 0. The minimum Gasteiger partial charge on any atom is -0.383 e. The highest BCUT2D eigenvalue weighted by atomic mass is 15.0. The summed E-state index contributed by atoms with van der Waals surface area (Å²) in [4.78, 5) is 9.28. The van der Waals surface area contributed by atoms with E-state index >= 15 is 0 Å². The van der Waals surface area contributed by atoms with Crippen molar-refractivity contribution in [3.63, 3.8) is 0 Å². The van der Waals surface area contributed by atoms with Crippen molar-refractivity contribution in [2.45, 2.75) is 31.6 Å². The molecule has 0 bridgehead atoms. The lowest BCUT2D eigenvalue weighted by atomic mass is 9.77. The first-order valence-electron chi connectivity index (χ1n) is 6.56. The van der Waals surface area contributed by atoms with Crippen LogP contribution in [0.25, 0.3) is 0 Å². The van der Waals surface area contributed by atoms with Crippen LogP contribution in [0.2, 0.25) is 0 Å². The Morgan fingerprint density at radius 2 is 2.00 bits per heavy atom. The van der Waals surface area contributed by atoms with Gasteiger partial charge in [0.25, 0.3) is 0 Å². The maximum atomic E-state index is 6.06. The Balaban J connectivity index is 1.78. The van der Waals surface area contributed by atoms with Crippen molar-refractivity contribution in [1.82, 2.24) is 9.97 Å². The number of rotatable bonds is 1. The SMILES string of the molecule is Nc1nc(C2Cc3ccccc32)nc2c1CCC2. The van der Waals surface area contributed by atoms with Crippen molar-refractivity contribution in [3.05, 3.63) is 52.5 Å². The van der Waals surface area contributed by atoms with Gasteiger partial charge >= 0.3 is 0 Å². The van der Waals surface area contributed by atoms with Crippen LogP contribution in [0.4, 0.5) is 5.82 Å². The van der Waals surface area contributed by atoms with Crippen molar-refractivity contribution in [2.24, 2.45) is 0 Å². The van der Waals surface area contributed by atoms with Gasteiger partial charge in [-0.1, -0.05) is 24.3 Å². The number of nitrogens with zero attached hydrogens (tertiary/aromatic N) is 2. The molecular weight excluding hydrogens is 222 g/mol. The summed E-state index contributed by atoms with van der Waals surface area (Å²) < 4.78 is 0. The summed E-state index contributed by atoms with van der Waals surface area (Å²) >= 11 is 0. The quantitative estimate of drug-likeness (QED) is 0.827. The van der Waals surface area contributed by atoms with E-state index < -0.39 is 0 Å². The van der Waals surface area contributed by atoms with E-state index in [9.17, 15) is 0 Å². The number of hydrogen-bond acceptors (Lipinski definition) is 3. The van der Waals surface area contributed by atoms with Crippen molar-refractivity contribution >= 4 is 5.82 Å². The average molecular weight is 237 g/mol. The maximum Gasteiger partial charge on any atom is 0.138 e. The maximum absolute atomic E-state index is 6.06. The number of nitrogen functional groups attached to an aromatic ring is 1. The minimum absolute atomic E-state index is 0.356. The summed E-state index contributed by atoms with van der Waals surface area (Å²) in [5, 5.41) is 0. The van der Waals surface area contributed by atoms with Gasteiger partial charge in [0.05, 0.1) is 0 Å². The third-order valence-electron chi connectivity index (χ3n) is 4.15. The first-order valence-corrected chi connectivity index (χ1v) is 6.56. The molecule has 1 aromatic carbocycles. The van der Waals surface area contributed by atoms with Crippen LogP contribution in [-0.4, -0.2) is 9.97 Å². The van der Waals surface area contributed by atoms with Crippen molar-refractivity contribution in [2.75, 3.05) is 5.73 Å². The highest BCUT2D eigenvalue weighted by molar-refractivity contribution is 5.49. The van der Waals surface area contributed by atoms with Crippen molar-refractivity contribution in [1.29, 1.82) is 0 Å². The van der Waals surface area contributed by atoms with Crippen LogP contribution in [0.3, 0.4) is 0 Å². The lowest BCUT2D eigenvalue weighted by Crippen LogP contribution is -2.21. The molecule has 0 saturated carbocycles. The molecule has 1 aromatic heterocycles. The Labute approximate surface area is 106 Å². The van der Waals surface area contributed by atoms with E-state index in [1.165, 1.54) is 28.8 Å². The molecule has 90 valence electrons. The number of hydrogen-bond donors (Lipinski definition) is 1. The summed E-state index contributed by atoms with van der Waals surface area (Å²) in [5.41, 5.74) is 11.2. The monoisotopic (exact) mass is 237 g/mol. The topological polar surface area (TPSA) is 51.8 Å². The molecule has 3 heteroatoms. The third kappa shape index (κ3) is 1.30. The molecule has 2 aromatic rings. The Hall–Kier alpha value is -1.90. The third-order valence-corrected chi connectivity index (χ3v) is 4.15. The average Bonchev–Trinajstić information content (AvgIpc) is 2.79. The van der Waals surface area contributed by atoms with Crippen molar-refractivity contribution < 1.29 is 0 Å². The number of benzene rings is 1. The fourth-order valence-corrected chi connectivity index (χ4v) is 3.13. The largest absolute Gasteiger partial charge is 0.383 e. The van der Waals surface area contributed by atoms with E-state index in [2.05, 4.69) is 29.2 Å². The lowest BCUT2D eigenvalue weighted by Gasteiger charge is -2.29. The Morgan fingerprint density at radius 1 is 1.11 bits per heavy atom. The lowest BCUT2D eigenvalue weighted by molar-refractivity contribution is 0.656. The molecule has 4 rings (SSSR count). The summed E-state index contributed by atoms with van der Waals surface area (Å²) in [6.45, 7) is 0. The highest BCUT2D eigenvalue weighted by Crippen LogP contribution is 2.39. The number of aromatic nitrogens is 2. The van der Waals surface area contributed by atoms with Gasteiger partial charge in [-0.05, 0) is 36.8 Å². The van der Waals surface area contributed by atoms with Crippen LogP contribution < -0.4 is 5.73 Å². The molecule has 2 N–H and O–H groups in total. The summed E-state index contributed by atoms with van der Waals surface area (Å²) in [6, 6.07) is 8.54. The zero-order valence-electron chi connectivity index (χ0n) is 10.2. The summed E-state index contributed by atoms with van der Waals surface area (Å²) in [5.74, 6) is 1.98. The van der Waals surface area contributed by atoms with Gasteiger partial charge in [-0.15, -0.1) is 0 Å². The fraction of sp³-hybridized carbons (Fsp3) is 0.333. The minimum atomic E-state index is 0.356. The van der Waals surface area contributed by atoms with E-state index in [4.69, 9.17) is 10.7 Å². The van der Waals surface area contributed by atoms with Gasteiger partial charge in [0.2, 0.25) is 0 Å². The zero-order valence-corrected chi connectivity index (χ0v) is 10.2. The van der Waals surface area contributed by atoms with Gasteiger partial charge < -0.3 is 5.73 Å². The van der Waals surface area contributed by atoms with Gasteiger partial charge in [0.15, 0.2) is 0 Å². The second-order valence-corrected chi connectivity index (χ2v) is 5.20. The molecule has 1 heterocycles. The molecule has 3 nitrogen and oxygen atoms in total. The fourth-order valence-electron chi connectivity index (χ4n) is 3.13. The second-order valence-electron chi connectivity index (χ2n) is 5.20. The number of fused-ring (bicyclic) bond motifs is 2. The van der Waals surface area contributed by atoms with Gasteiger partial charge in [0.1, 0.15) is 11.6 Å². The van der Waals surface area contributed by atoms with Crippen LogP contribution in [0.1, 0.15) is 40.5 Å². The highest BCUT2D eigenvalue weighted by Gasteiger charge is 2.31. The van der Waals surface area contributed by atoms with E-state index in [-0.39, 0.29) is 0 Å². The second kappa shape index (κ2) is 3.55. The van der Waals surface area contributed by atoms with Crippen LogP contribution in [-0.2, 0) is 19.3 Å². The van der Waals surface area contributed by atoms with Crippen LogP contribution in [0.5, 0.6) is 0 Å². The molecule has 1 unspecified atom stereocenters. The molecule has 0 fully saturated rings. The van der Waals surface area contributed by atoms with Gasteiger partial charge in [-0.2, -0.15) is 0 Å². The predicted molar refractivity (Wildman–Crippen MR) is 70.5 cm³/mol. The van der Waals surface area contributed by atoms with E-state index in [0.29, 0.717) is 11.7 Å². The Morgan fingerprint density at radius 3 is 2.89 bits per heavy atom. The van der Waals surface area contributed by atoms with Crippen LogP contribution in [0.15, 0.2) is 24.3 Å². The molecule has 1 atom stereocenters. The molecule has 0 amide bonds. The van der Waals surface area contributed by atoms with E-state index in [0.717, 1.165) is 25.1 Å². The first kappa shape index (κ1) is 10.1. The van der Waals surface area contributed by atoms with E-state index in [1.54, 1.807) is 0 Å². The Bertz CT molecular complexity index is 634. The smallest absolute Gasteiger partial charge is 0.138 e. The first-order chi connectivity index (χ1) is 8.83. The van der Waals surface area contributed by atoms with Crippen LogP contribution in [0, 0.1) is 0 Å². The van der Waals surface area contributed by atoms with Gasteiger partial charge in [-0.25, -0.2) is 9.97 Å². The number of aryl methyl sites for hydroxylation is 1. The van der Waals surface area contributed by atoms with Gasteiger partial charge in [-0.3, -0.25) is 0 Å². The van der Waals surface area contributed by atoms with E-state index in [1.807, 2.05) is 0 Å². The molecule has 2 aliphatic carbocycles. The standard InChI is InChI=1S/C15H15N3/c16-14-11-6-3-7-13(11)17-15(18-14)12-8-9-4-1-2-5-10(9)12/h1-2,4-5,12H,3,6-8H2,(H2,16,17,18). The van der Waals surface area contributed by atoms with Crippen LogP contribution >= 0.6 is 0 Å². The number of anilines is 1. The Kier molecular flexibility index (Phi) is 1.98. The molecule has 18 heavy (non-hydrogen) atoms. The molecule has 0 aliphatic heterocycles. The molecule has 0 spiro atoms. The predicted octanol–water partition coefficient (Wildman–Crippen LogP) is 2.24. The normalized spacial score (nSPS) is 20.1. The summed E-state index contributed by atoms with van der Waals surface area (Å²) in [6.07, 6.45) is 4.32. The number of nitrogens with two attached hydrogens (primary N) is 1. The van der Waals surface area contributed by atoms with Crippen molar-refractivity contribution in [3.8, 4) is 0 Å². The van der Waals surface area contributed by atoms with Gasteiger partial charge in [0, 0.05) is 17.2 Å². The zero-order chi connectivity index (χ0) is 12.1. The molecule has 2 aliphatic rings. The molecule has 0 saturated heterocycles.